The van der Waals surface area contributed by atoms with E-state index in [0.29, 0.717) is 23.3 Å². The molecule has 0 saturated heterocycles. The van der Waals surface area contributed by atoms with E-state index in [-0.39, 0.29) is 5.04 Å². The summed E-state index contributed by atoms with van der Waals surface area (Å²) in [7, 11) is 0. The molecule has 0 saturated carbocycles. The number of aliphatic hydroxyl groups excluding tert-OH is 1. The number of halogens is 4. The fourth-order valence-electron chi connectivity index (χ4n) is 1.68. The summed E-state index contributed by atoms with van der Waals surface area (Å²) in [6.07, 6.45) is -1.93. The van der Waals surface area contributed by atoms with E-state index in [0.717, 1.165) is 23.0 Å². The highest BCUT2D eigenvalue weighted by molar-refractivity contribution is 8.13. The van der Waals surface area contributed by atoms with Crippen LogP contribution in [-0.2, 0) is 12.2 Å². The minimum atomic E-state index is -4.67. The van der Waals surface area contributed by atoms with E-state index in [1.165, 1.54) is 6.92 Å². The molecule has 3 nitrogen and oxygen atoms in total. The first-order chi connectivity index (χ1) is 10.6. The normalized spacial score (nSPS) is 13.3. The molecule has 1 aromatic heterocycles. The second kappa shape index (κ2) is 8.40. The maximum absolute atomic E-state index is 12.8. The number of aliphatic hydroxyl groups is 1. The van der Waals surface area contributed by atoms with Crippen molar-refractivity contribution < 1.29 is 18.3 Å². The van der Waals surface area contributed by atoms with Gasteiger partial charge >= 0.3 is 6.18 Å². The Hall–Kier alpha value is -1.47. The predicted octanol–water partition coefficient (Wildman–Crippen LogP) is 5.47. The number of nitrogens with zero attached hydrogens (tertiary/aromatic N) is 2. The van der Waals surface area contributed by atoms with Crippen LogP contribution in [0.2, 0.25) is 5.02 Å². The van der Waals surface area contributed by atoms with Crippen LogP contribution in [0.1, 0.15) is 25.1 Å². The van der Waals surface area contributed by atoms with Crippen LogP contribution in [-0.4, -0.2) is 21.3 Å². The lowest BCUT2D eigenvalue weighted by molar-refractivity contribution is -0.0925. The fourth-order valence-corrected chi connectivity index (χ4v) is 2.83. The molecule has 0 aliphatic carbocycles. The minimum Gasteiger partial charge on any atom is -0.509 e. The largest absolute Gasteiger partial charge is 0.509 e. The number of rotatable bonds is 5. The summed E-state index contributed by atoms with van der Waals surface area (Å²) in [5, 5.41) is 9.65. The summed E-state index contributed by atoms with van der Waals surface area (Å²) < 4.78 is 38.5. The Bertz CT molecular complexity index is 642. The minimum absolute atomic E-state index is 0.191. The average molecular weight is 365 g/mol. The number of aryl methyl sites for hydroxylation is 1. The molecule has 0 aromatic carbocycles. The van der Waals surface area contributed by atoms with E-state index in [1.807, 2.05) is 6.92 Å². The Kier molecular flexibility index (Phi) is 7.15. The Balaban J connectivity index is 2.95. The van der Waals surface area contributed by atoms with Crippen molar-refractivity contribution in [2.75, 3.05) is 0 Å². The van der Waals surface area contributed by atoms with Crippen LogP contribution in [0.4, 0.5) is 13.2 Å². The SMILES string of the molecule is C=C(O)/C=C(\N=C(/C)SCc1c(Cl)ccnc1CC)C(F)(F)F. The van der Waals surface area contributed by atoms with Crippen LogP contribution >= 0.6 is 23.4 Å². The first-order valence-corrected chi connectivity index (χ1v) is 7.98. The molecule has 0 atom stereocenters. The van der Waals surface area contributed by atoms with Gasteiger partial charge in [-0.3, -0.25) is 4.98 Å². The summed E-state index contributed by atoms with van der Waals surface area (Å²) in [5.41, 5.74) is 0.372. The topological polar surface area (TPSA) is 45.5 Å². The lowest BCUT2D eigenvalue weighted by atomic mass is 10.2. The van der Waals surface area contributed by atoms with E-state index in [1.54, 1.807) is 12.3 Å². The molecule has 23 heavy (non-hydrogen) atoms. The first kappa shape index (κ1) is 19.6. The van der Waals surface area contributed by atoms with E-state index < -0.39 is 17.6 Å². The highest BCUT2D eigenvalue weighted by Gasteiger charge is 2.34. The van der Waals surface area contributed by atoms with Crippen molar-refractivity contribution in [2.24, 2.45) is 4.99 Å². The van der Waals surface area contributed by atoms with Crippen molar-refractivity contribution in [3.8, 4) is 0 Å². The number of alkyl halides is 3. The van der Waals surface area contributed by atoms with E-state index in [4.69, 9.17) is 16.7 Å². The zero-order valence-corrected chi connectivity index (χ0v) is 14.2. The average Bonchev–Trinajstić information content (AvgIpc) is 2.43. The van der Waals surface area contributed by atoms with Gasteiger partial charge in [-0.05, 0) is 19.4 Å². The molecular weight excluding hydrogens is 349 g/mol. The van der Waals surface area contributed by atoms with Crippen molar-refractivity contribution in [3.63, 3.8) is 0 Å². The molecule has 0 radical (unpaired) electrons. The van der Waals surface area contributed by atoms with E-state index >= 15 is 0 Å². The number of hydrogen-bond donors (Lipinski definition) is 1. The summed E-state index contributed by atoms with van der Waals surface area (Å²) in [6, 6.07) is 1.64. The molecule has 1 rings (SSSR count). The standard InChI is InChI=1S/C15H16ClF3N2OS/c1-4-13-11(12(16)5-6-20-13)8-23-10(3)21-14(7-9(2)22)15(17,18)19/h5-7,22H,2,4,8H2,1,3H3/b14-7-,21-10+. The zero-order chi connectivity index (χ0) is 17.6. The van der Waals surface area contributed by atoms with Crippen molar-refractivity contribution in [1.82, 2.24) is 4.98 Å². The second-order valence-electron chi connectivity index (χ2n) is 4.51. The Labute approximate surface area is 142 Å². The Morgan fingerprint density at radius 2 is 2.17 bits per heavy atom. The highest BCUT2D eigenvalue weighted by atomic mass is 35.5. The molecule has 0 amide bonds. The Morgan fingerprint density at radius 1 is 1.52 bits per heavy atom. The van der Waals surface area contributed by atoms with Crippen LogP contribution in [0.5, 0.6) is 0 Å². The molecule has 0 fully saturated rings. The molecule has 1 aromatic rings. The van der Waals surface area contributed by atoms with Crippen molar-refractivity contribution in [1.29, 1.82) is 0 Å². The Morgan fingerprint density at radius 3 is 2.70 bits per heavy atom. The predicted molar refractivity (Wildman–Crippen MR) is 88.9 cm³/mol. The van der Waals surface area contributed by atoms with Crippen LogP contribution in [0.15, 0.2) is 41.4 Å². The lowest BCUT2D eigenvalue weighted by Crippen LogP contribution is -2.11. The molecule has 8 heteroatoms. The number of aliphatic imine (C=N–C) groups is 1. The maximum Gasteiger partial charge on any atom is 0.433 e. The third kappa shape index (κ3) is 6.27. The number of hydrogen-bond acceptors (Lipinski definition) is 4. The molecule has 0 aliphatic rings. The van der Waals surface area contributed by atoms with Gasteiger partial charge in [-0.1, -0.05) is 25.1 Å². The van der Waals surface area contributed by atoms with Gasteiger partial charge in [-0.15, -0.1) is 11.8 Å². The third-order valence-corrected chi connectivity index (χ3v) is 4.02. The van der Waals surface area contributed by atoms with Gasteiger partial charge in [0, 0.05) is 34.3 Å². The van der Waals surface area contributed by atoms with Gasteiger partial charge < -0.3 is 5.11 Å². The summed E-state index contributed by atoms with van der Waals surface area (Å²) in [6.45, 7) is 6.40. The van der Waals surface area contributed by atoms with E-state index in [9.17, 15) is 13.2 Å². The van der Waals surface area contributed by atoms with Crippen molar-refractivity contribution in [3.05, 3.63) is 52.7 Å². The molecule has 0 unspecified atom stereocenters. The van der Waals surface area contributed by atoms with Crippen LogP contribution in [0.25, 0.3) is 0 Å². The zero-order valence-electron chi connectivity index (χ0n) is 12.6. The van der Waals surface area contributed by atoms with Gasteiger partial charge in [0.1, 0.15) is 11.5 Å². The molecule has 0 aliphatic heterocycles. The van der Waals surface area contributed by atoms with Crippen LogP contribution < -0.4 is 0 Å². The smallest absolute Gasteiger partial charge is 0.433 e. The summed E-state index contributed by atoms with van der Waals surface area (Å²) in [5.74, 6) is -0.349. The van der Waals surface area contributed by atoms with E-state index in [2.05, 4.69) is 16.6 Å². The molecule has 1 heterocycles. The van der Waals surface area contributed by atoms with Gasteiger partial charge in [0.2, 0.25) is 0 Å². The number of allylic oxidation sites excluding steroid dienone is 2. The van der Waals surface area contributed by atoms with Gasteiger partial charge in [0.05, 0.1) is 5.04 Å². The monoisotopic (exact) mass is 364 g/mol. The third-order valence-electron chi connectivity index (χ3n) is 2.72. The second-order valence-corrected chi connectivity index (χ2v) is 6.09. The number of thioether (sulfide) groups is 1. The van der Waals surface area contributed by atoms with Gasteiger partial charge in [0.25, 0.3) is 0 Å². The summed E-state index contributed by atoms with van der Waals surface area (Å²) >= 11 is 7.23. The molecule has 0 spiro atoms. The van der Waals surface area contributed by atoms with Crippen LogP contribution in [0.3, 0.4) is 0 Å². The van der Waals surface area contributed by atoms with Crippen molar-refractivity contribution >= 4 is 28.4 Å². The molecule has 0 bridgehead atoms. The van der Waals surface area contributed by atoms with Gasteiger partial charge in [-0.25, -0.2) is 4.99 Å². The van der Waals surface area contributed by atoms with Gasteiger partial charge in [0.15, 0.2) is 0 Å². The maximum atomic E-state index is 12.8. The van der Waals surface area contributed by atoms with Crippen molar-refractivity contribution in [2.45, 2.75) is 32.2 Å². The lowest BCUT2D eigenvalue weighted by Gasteiger charge is -2.10. The first-order valence-electron chi connectivity index (χ1n) is 6.62. The number of aromatic nitrogens is 1. The van der Waals surface area contributed by atoms with Gasteiger partial charge in [-0.2, -0.15) is 13.2 Å². The summed E-state index contributed by atoms with van der Waals surface area (Å²) in [4.78, 5) is 7.72. The molecule has 1 N–H and O–H groups in total. The fraction of sp³-hybridized carbons (Fsp3) is 0.333. The quantitative estimate of drug-likeness (QED) is 0.326. The highest BCUT2D eigenvalue weighted by Crippen LogP contribution is 2.30. The van der Waals surface area contributed by atoms with Crippen LogP contribution in [0, 0.1) is 0 Å². The molecule has 126 valence electrons. The number of pyridine rings is 1. The molecular formula is C15H16ClF3N2OS.